The summed E-state index contributed by atoms with van der Waals surface area (Å²) >= 11 is 7.46. The molecule has 1 heterocycles. The summed E-state index contributed by atoms with van der Waals surface area (Å²) in [6, 6.07) is 0. The molecule has 0 saturated heterocycles. The van der Waals surface area contributed by atoms with Crippen LogP contribution in [-0.2, 0) is 11.6 Å². The SMILES string of the molecule is NCCSCc1nc[nH]c1CCl. The summed E-state index contributed by atoms with van der Waals surface area (Å²) in [5, 5.41) is 0. The maximum atomic E-state index is 5.68. The van der Waals surface area contributed by atoms with Crippen LogP contribution in [0.25, 0.3) is 0 Å². The van der Waals surface area contributed by atoms with Crippen molar-refractivity contribution in [1.82, 2.24) is 9.97 Å². The molecule has 68 valence electrons. The van der Waals surface area contributed by atoms with Gasteiger partial charge in [-0.3, -0.25) is 0 Å². The van der Waals surface area contributed by atoms with E-state index in [1.165, 1.54) is 0 Å². The van der Waals surface area contributed by atoms with Gasteiger partial charge in [0.15, 0.2) is 0 Å². The number of aromatic amines is 1. The maximum Gasteiger partial charge on any atom is 0.0925 e. The van der Waals surface area contributed by atoms with E-state index >= 15 is 0 Å². The molecule has 0 spiro atoms. The lowest BCUT2D eigenvalue weighted by Crippen LogP contribution is -2.01. The number of alkyl halides is 1. The van der Waals surface area contributed by atoms with Crippen molar-refractivity contribution >= 4 is 23.4 Å². The van der Waals surface area contributed by atoms with Crippen molar-refractivity contribution in [2.45, 2.75) is 11.6 Å². The lowest BCUT2D eigenvalue weighted by molar-refractivity contribution is 1.13. The van der Waals surface area contributed by atoms with Crippen molar-refractivity contribution in [3.63, 3.8) is 0 Å². The highest BCUT2D eigenvalue weighted by Gasteiger charge is 2.02. The molecule has 0 atom stereocenters. The summed E-state index contributed by atoms with van der Waals surface area (Å²) in [4.78, 5) is 7.15. The molecule has 12 heavy (non-hydrogen) atoms. The van der Waals surface area contributed by atoms with Gasteiger partial charge >= 0.3 is 0 Å². The van der Waals surface area contributed by atoms with Crippen LogP contribution in [0, 0.1) is 0 Å². The van der Waals surface area contributed by atoms with Gasteiger partial charge in [0.1, 0.15) is 0 Å². The van der Waals surface area contributed by atoms with Crippen LogP contribution >= 0.6 is 23.4 Å². The Balaban J connectivity index is 2.39. The van der Waals surface area contributed by atoms with Gasteiger partial charge in [0, 0.05) is 18.1 Å². The molecule has 3 nitrogen and oxygen atoms in total. The first-order valence-electron chi connectivity index (χ1n) is 3.73. The molecule has 0 unspecified atom stereocenters. The summed E-state index contributed by atoms with van der Waals surface area (Å²) in [5.41, 5.74) is 7.42. The molecule has 0 aromatic carbocycles. The standard InChI is InChI=1S/C7H12ClN3S/c8-3-6-7(11-5-10-6)4-12-2-1-9/h5H,1-4,9H2,(H,10,11). The molecule has 1 rings (SSSR count). The molecule has 0 aliphatic heterocycles. The third-order valence-electron chi connectivity index (χ3n) is 1.44. The topological polar surface area (TPSA) is 54.7 Å². The smallest absolute Gasteiger partial charge is 0.0925 e. The van der Waals surface area contributed by atoms with E-state index in [2.05, 4.69) is 9.97 Å². The van der Waals surface area contributed by atoms with Crippen LogP contribution in [0.1, 0.15) is 11.4 Å². The van der Waals surface area contributed by atoms with E-state index in [1.54, 1.807) is 18.1 Å². The zero-order valence-electron chi connectivity index (χ0n) is 6.72. The van der Waals surface area contributed by atoms with Crippen molar-refractivity contribution in [3.05, 3.63) is 17.7 Å². The van der Waals surface area contributed by atoms with Gasteiger partial charge in [-0.25, -0.2) is 4.98 Å². The first-order valence-corrected chi connectivity index (χ1v) is 5.42. The van der Waals surface area contributed by atoms with Crippen molar-refractivity contribution in [2.75, 3.05) is 12.3 Å². The molecule has 0 aliphatic carbocycles. The van der Waals surface area contributed by atoms with Crippen LogP contribution in [0.5, 0.6) is 0 Å². The minimum Gasteiger partial charge on any atom is -0.347 e. The maximum absolute atomic E-state index is 5.68. The third kappa shape index (κ3) is 2.69. The Labute approximate surface area is 81.1 Å². The largest absolute Gasteiger partial charge is 0.347 e. The normalized spacial score (nSPS) is 10.5. The average Bonchev–Trinajstić information content (AvgIpc) is 2.52. The number of thioether (sulfide) groups is 1. The second kappa shape index (κ2) is 5.45. The highest BCUT2D eigenvalue weighted by atomic mass is 35.5. The summed E-state index contributed by atoms with van der Waals surface area (Å²) in [7, 11) is 0. The number of halogens is 1. The molecule has 3 N–H and O–H groups in total. The predicted octanol–water partition coefficient (Wildman–Crippen LogP) is 1.34. The van der Waals surface area contributed by atoms with Gasteiger partial charge in [-0.2, -0.15) is 11.8 Å². The fraction of sp³-hybridized carbons (Fsp3) is 0.571. The van der Waals surface area contributed by atoms with Crippen LogP contribution in [0.3, 0.4) is 0 Å². The third-order valence-corrected chi connectivity index (χ3v) is 2.71. The highest BCUT2D eigenvalue weighted by molar-refractivity contribution is 7.98. The molecule has 0 aliphatic rings. The van der Waals surface area contributed by atoms with Crippen molar-refractivity contribution in [2.24, 2.45) is 5.73 Å². The van der Waals surface area contributed by atoms with E-state index in [4.69, 9.17) is 17.3 Å². The Morgan fingerprint density at radius 2 is 2.50 bits per heavy atom. The van der Waals surface area contributed by atoms with Gasteiger partial charge < -0.3 is 10.7 Å². The number of nitrogens with two attached hydrogens (primary N) is 1. The molecule has 0 saturated carbocycles. The quantitative estimate of drug-likeness (QED) is 0.564. The van der Waals surface area contributed by atoms with Gasteiger partial charge in [0.25, 0.3) is 0 Å². The number of rotatable bonds is 5. The first kappa shape index (κ1) is 9.89. The van der Waals surface area contributed by atoms with E-state index in [-0.39, 0.29) is 0 Å². The molecule has 0 fully saturated rings. The summed E-state index contributed by atoms with van der Waals surface area (Å²) < 4.78 is 0. The average molecular weight is 206 g/mol. The van der Waals surface area contributed by atoms with Gasteiger partial charge in [-0.05, 0) is 0 Å². The van der Waals surface area contributed by atoms with E-state index < -0.39 is 0 Å². The van der Waals surface area contributed by atoms with Crippen LogP contribution in [0.4, 0.5) is 0 Å². The zero-order chi connectivity index (χ0) is 8.81. The fourth-order valence-corrected chi connectivity index (χ4v) is 1.83. The van der Waals surface area contributed by atoms with Gasteiger partial charge in [0.2, 0.25) is 0 Å². The van der Waals surface area contributed by atoms with E-state index in [9.17, 15) is 0 Å². The van der Waals surface area contributed by atoms with Gasteiger partial charge in [0.05, 0.1) is 23.6 Å². The first-order chi connectivity index (χ1) is 5.88. The summed E-state index contributed by atoms with van der Waals surface area (Å²) in [6.45, 7) is 0.714. The van der Waals surface area contributed by atoms with E-state index in [0.29, 0.717) is 12.4 Å². The lowest BCUT2D eigenvalue weighted by Gasteiger charge is -1.97. The number of hydrogen-bond acceptors (Lipinski definition) is 3. The number of nitrogens with zero attached hydrogens (tertiary/aromatic N) is 1. The molecular weight excluding hydrogens is 194 g/mol. The van der Waals surface area contributed by atoms with E-state index in [1.807, 2.05) is 0 Å². The van der Waals surface area contributed by atoms with Gasteiger partial charge in [-0.1, -0.05) is 0 Å². The molecule has 1 aromatic rings. The molecule has 1 aromatic heterocycles. The number of imidazole rings is 1. The van der Waals surface area contributed by atoms with Crippen LogP contribution < -0.4 is 5.73 Å². The monoisotopic (exact) mass is 205 g/mol. The Kier molecular flexibility index (Phi) is 4.50. The Bertz CT molecular complexity index is 226. The summed E-state index contributed by atoms with van der Waals surface area (Å²) in [5.74, 6) is 2.36. The number of hydrogen-bond donors (Lipinski definition) is 2. The molecule has 0 amide bonds. The molecular formula is C7H12ClN3S. The minimum atomic E-state index is 0.499. The molecule has 0 bridgehead atoms. The lowest BCUT2D eigenvalue weighted by atomic mass is 10.4. The Morgan fingerprint density at radius 1 is 1.67 bits per heavy atom. The Hall–Kier alpha value is -0.190. The number of nitrogens with one attached hydrogen (secondary N) is 1. The second-order valence-corrected chi connectivity index (χ2v) is 3.68. The van der Waals surface area contributed by atoms with Crippen molar-refractivity contribution < 1.29 is 0 Å². The van der Waals surface area contributed by atoms with Crippen molar-refractivity contribution in [3.8, 4) is 0 Å². The van der Waals surface area contributed by atoms with E-state index in [0.717, 1.165) is 22.9 Å². The fourth-order valence-electron chi connectivity index (χ4n) is 0.842. The molecule has 5 heteroatoms. The Morgan fingerprint density at radius 3 is 3.17 bits per heavy atom. The zero-order valence-corrected chi connectivity index (χ0v) is 8.29. The van der Waals surface area contributed by atoms with Crippen LogP contribution in [0.2, 0.25) is 0 Å². The predicted molar refractivity (Wildman–Crippen MR) is 53.4 cm³/mol. The van der Waals surface area contributed by atoms with Crippen LogP contribution in [0.15, 0.2) is 6.33 Å². The molecule has 0 radical (unpaired) electrons. The summed E-state index contributed by atoms with van der Waals surface area (Å²) in [6.07, 6.45) is 1.68. The second-order valence-electron chi connectivity index (χ2n) is 2.30. The number of aromatic nitrogens is 2. The minimum absolute atomic E-state index is 0.499. The highest BCUT2D eigenvalue weighted by Crippen LogP contribution is 2.13. The van der Waals surface area contributed by atoms with Gasteiger partial charge in [-0.15, -0.1) is 11.6 Å². The number of H-pyrrole nitrogens is 1. The van der Waals surface area contributed by atoms with Crippen molar-refractivity contribution in [1.29, 1.82) is 0 Å². The van der Waals surface area contributed by atoms with Crippen LogP contribution in [-0.4, -0.2) is 22.3 Å².